The zero-order valence-corrected chi connectivity index (χ0v) is 24.8. The topological polar surface area (TPSA) is 217 Å². The molecule has 3 aromatic rings. The van der Waals surface area contributed by atoms with Gasteiger partial charge in [0, 0.05) is 27.1 Å². The number of hydrogen-bond acceptors (Lipinski definition) is 9. The predicted molar refractivity (Wildman–Crippen MR) is 161 cm³/mol. The molecule has 15 nitrogen and oxygen atoms in total. The highest BCUT2D eigenvalue weighted by molar-refractivity contribution is 6.03. The van der Waals surface area contributed by atoms with E-state index in [1.807, 2.05) is 6.92 Å². The molecule has 0 spiro atoms. The van der Waals surface area contributed by atoms with Crippen LogP contribution in [-0.4, -0.2) is 50.9 Å². The third-order valence-electron chi connectivity index (χ3n) is 8.01. The number of pyridine rings is 2. The second-order valence-corrected chi connectivity index (χ2v) is 10.7. The van der Waals surface area contributed by atoms with Crippen molar-refractivity contribution >= 4 is 40.3 Å². The summed E-state index contributed by atoms with van der Waals surface area (Å²) in [5, 5.41) is 22.4. The summed E-state index contributed by atoms with van der Waals surface area (Å²) in [5.74, 6) is -2.84. The van der Waals surface area contributed by atoms with Crippen LogP contribution in [0.1, 0.15) is 49.4 Å². The third kappa shape index (κ3) is 5.39. The number of aryl methyl sites for hydroxylation is 1. The van der Waals surface area contributed by atoms with Crippen molar-refractivity contribution in [1.82, 2.24) is 20.2 Å². The molecule has 232 valence electrons. The first-order chi connectivity index (χ1) is 21.4. The molecule has 3 amide bonds. The van der Waals surface area contributed by atoms with Crippen LogP contribution in [0.4, 0.5) is 5.69 Å². The number of aromatic nitrogens is 2. The minimum absolute atomic E-state index is 0.0426. The highest BCUT2D eigenvalue weighted by atomic mass is 16.6. The summed E-state index contributed by atoms with van der Waals surface area (Å²) in [4.78, 5) is 70.3. The van der Waals surface area contributed by atoms with Crippen LogP contribution >= 0.6 is 0 Å². The molecule has 5 rings (SSSR count). The number of carbonyl (C=O) groups excluding carboxylic acids is 4. The van der Waals surface area contributed by atoms with Crippen LogP contribution in [0.25, 0.3) is 32.7 Å². The van der Waals surface area contributed by atoms with E-state index in [9.17, 15) is 29.1 Å². The van der Waals surface area contributed by atoms with Crippen molar-refractivity contribution in [3.63, 3.8) is 0 Å². The number of amides is 3. The van der Waals surface area contributed by atoms with Crippen LogP contribution in [0.15, 0.2) is 46.5 Å². The second-order valence-electron chi connectivity index (χ2n) is 10.7. The molecule has 0 radical (unpaired) electrons. The van der Waals surface area contributed by atoms with Gasteiger partial charge in [0.05, 0.1) is 34.7 Å². The van der Waals surface area contributed by atoms with Crippen LogP contribution < -0.4 is 21.5 Å². The standard InChI is InChI=1S/C30H30N8O7/c1-5-17-18-9-16(35-27(41)15(4)34-26(40)14(3)33-24(39)11-32-37-31)7-8-22(18)36-25-19(17)12-38-23(25)10-21-20(28(38)42)13-45-29(43)30(21,44)6-2/h7-10,15,44H,3,5-6,11-13H2,1-2,4H3,(H,33,39)(H,34,40)(H,35,41)/t15-,30-/m0/s1. The minimum Gasteiger partial charge on any atom is -0.458 e. The summed E-state index contributed by atoms with van der Waals surface area (Å²) in [5.41, 5.74) is 10.1. The molecule has 2 aliphatic heterocycles. The Labute approximate surface area is 255 Å². The first kappa shape index (κ1) is 30.9. The lowest BCUT2D eigenvalue weighted by Crippen LogP contribution is -2.44. The number of nitrogens with zero attached hydrogens (tertiary/aromatic N) is 5. The number of anilines is 1. The average molecular weight is 615 g/mol. The Morgan fingerprint density at radius 1 is 1.24 bits per heavy atom. The highest BCUT2D eigenvalue weighted by Crippen LogP contribution is 2.40. The van der Waals surface area contributed by atoms with Crippen molar-refractivity contribution in [1.29, 1.82) is 0 Å². The van der Waals surface area contributed by atoms with Crippen molar-refractivity contribution < 1.29 is 29.0 Å². The molecular formula is C30H30N8O7. The molecule has 2 atom stereocenters. The summed E-state index contributed by atoms with van der Waals surface area (Å²) < 4.78 is 6.72. The fourth-order valence-electron chi connectivity index (χ4n) is 5.60. The number of azide groups is 1. The van der Waals surface area contributed by atoms with Gasteiger partial charge < -0.3 is 30.4 Å². The van der Waals surface area contributed by atoms with Gasteiger partial charge in [-0.1, -0.05) is 25.5 Å². The first-order valence-electron chi connectivity index (χ1n) is 14.2. The van der Waals surface area contributed by atoms with Crippen molar-refractivity contribution in [2.24, 2.45) is 5.11 Å². The van der Waals surface area contributed by atoms with Gasteiger partial charge in [0.2, 0.25) is 11.8 Å². The van der Waals surface area contributed by atoms with Gasteiger partial charge in [-0.05, 0) is 55.1 Å². The lowest BCUT2D eigenvalue weighted by atomic mass is 9.86. The summed E-state index contributed by atoms with van der Waals surface area (Å²) in [6.07, 6.45) is 0.628. The number of ether oxygens (including phenoxy) is 1. The number of nitrogens with one attached hydrogen (secondary N) is 3. The van der Waals surface area contributed by atoms with Gasteiger partial charge in [-0.15, -0.1) is 0 Å². The van der Waals surface area contributed by atoms with Gasteiger partial charge in [-0.25, -0.2) is 9.78 Å². The van der Waals surface area contributed by atoms with E-state index in [1.165, 1.54) is 6.92 Å². The Bertz CT molecular complexity index is 1930. The summed E-state index contributed by atoms with van der Waals surface area (Å²) in [7, 11) is 0. The number of hydrogen-bond donors (Lipinski definition) is 4. The normalized spacial score (nSPS) is 16.8. The van der Waals surface area contributed by atoms with E-state index in [0.29, 0.717) is 29.0 Å². The van der Waals surface area contributed by atoms with E-state index in [-0.39, 0.29) is 42.0 Å². The lowest BCUT2D eigenvalue weighted by Gasteiger charge is -2.31. The molecule has 2 aromatic heterocycles. The molecule has 45 heavy (non-hydrogen) atoms. The Kier molecular flexibility index (Phi) is 8.15. The number of esters is 1. The molecule has 0 bridgehead atoms. The molecule has 15 heteroatoms. The number of aliphatic hydroxyl groups is 1. The van der Waals surface area contributed by atoms with Gasteiger partial charge in [0.25, 0.3) is 11.5 Å². The molecule has 4 N–H and O–H groups in total. The Morgan fingerprint density at radius 3 is 2.69 bits per heavy atom. The number of carbonyl (C=O) groups is 4. The zero-order chi connectivity index (χ0) is 32.6. The second kappa shape index (κ2) is 11.9. The van der Waals surface area contributed by atoms with Gasteiger partial charge in [-0.2, -0.15) is 0 Å². The molecular weight excluding hydrogens is 584 g/mol. The van der Waals surface area contributed by atoms with Crippen molar-refractivity contribution in [2.75, 3.05) is 11.9 Å². The fourth-order valence-corrected chi connectivity index (χ4v) is 5.60. The molecule has 0 aliphatic carbocycles. The van der Waals surface area contributed by atoms with E-state index in [0.717, 1.165) is 16.5 Å². The molecule has 0 fully saturated rings. The molecule has 2 aliphatic rings. The molecule has 0 unspecified atom stereocenters. The Balaban J connectivity index is 1.41. The predicted octanol–water partition coefficient (Wildman–Crippen LogP) is 2.03. The quantitative estimate of drug-likeness (QED) is 0.0717. The zero-order valence-electron chi connectivity index (χ0n) is 24.8. The maximum Gasteiger partial charge on any atom is 0.343 e. The van der Waals surface area contributed by atoms with Crippen LogP contribution in [-0.2, 0) is 49.1 Å². The smallest absolute Gasteiger partial charge is 0.343 e. The summed E-state index contributed by atoms with van der Waals surface area (Å²) >= 11 is 0. The molecule has 1 aromatic carbocycles. The minimum atomic E-state index is -1.92. The third-order valence-corrected chi connectivity index (χ3v) is 8.01. The van der Waals surface area contributed by atoms with Crippen molar-refractivity contribution in [2.45, 2.75) is 58.4 Å². The largest absolute Gasteiger partial charge is 0.458 e. The fraction of sp³-hybridized carbons (Fsp3) is 0.333. The van der Waals surface area contributed by atoms with Gasteiger partial charge >= 0.3 is 5.97 Å². The van der Waals surface area contributed by atoms with Gasteiger partial charge in [0.1, 0.15) is 19.2 Å². The number of fused-ring (bicyclic) bond motifs is 5. The van der Waals surface area contributed by atoms with Gasteiger partial charge in [0.15, 0.2) is 5.60 Å². The number of benzene rings is 1. The Morgan fingerprint density at radius 2 is 2.00 bits per heavy atom. The SMILES string of the molecule is C=C(NC(=O)CN=[N+]=[N-])C(=O)N[C@@H](C)C(=O)Nc1ccc2nc3c(c(CC)c2c1)Cn1c-3cc2c(c1=O)COC(=O)[C@]2(O)CC. The van der Waals surface area contributed by atoms with E-state index in [2.05, 4.69) is 32.6 Å². The number of cyclic esters (lactones) is 1. The van der Waals surface area contributed by atoms with Crippen LogP contribution in [0.5, 0.6) is 0 Å². The van der Waals surface area contributed by atoms with E-state index >= 15 is 0 Å². The molecule has 4 heterocycles. The van der Waals surface area contributed by atoms with Crippen molar-refractivity contribution in [3.8, 4) is 11.4 Å². The van der Waals surface area contributed by atoms with Crippen molar-refractivity contribution in [3.05, 3.63) is 79.6 Å². The summed E-state index contributed by atoms with van der Waals surface area (Å²) in [6, 6.07) is 5.81. The lowest BCUT2D eigenvalue weighted by molar-refractivity contribution is -0.172. The number of rotatable bonds is 9. The van der Waals surface area contributed by atoms with E-state index < -0.39 is 41.9 Å². The van der Waals surface area contributed by atoms with Crippen LogP contribution in [0.2, 0.25) is 0 Å². The maximum absolute atomic E-state index is 13.5. The first-order valence-corrected chi connectivity index (χ1v) is 14.2. The van der Waals surface area contributed by atoms with Crippen LogP contribution in [0, 0.1) is 0 Å². The van der Waals surface area contributed by atoms with Gasteiger partial charge in [-0.3, -0.25) is 19.2 Å². The Hall–Kier alpha value is -5.53. The highest BCUT2D eigenvalue weighted by Gasteiger charge is 2.45. The maximum atomic E-state index is 13.5. The monoisotopic (exact) mass is 614 g/mol. The van der Waals surface area contributed by atoms with Crippen LogP contribution in [0.3, 0.4) is 0 Å². The average Bonchev–Trinajstić information content (AvgIpc) is 3.39. The van der Waals surface area contributed by atoms with E-state index in [1.54, 1.807) is 35.8 Å². The molecule has 0 saturated heterocycles. The van der Waals surface area contributed by atoms with E-state index in [4.69, 9.17) is 15.3 Å². The molecule has 0 saturated carbocycles. The summed E-state index contributed by atoms with van der Waals surface area (Å²) in [6.45, 7) is 8.05.